The molecule has 4 unspecified atom stereocenters. The molecule has 2 bridgehead atoms. The van der Waals surface area contributed by atoms with Gasteiger partial charge in [-0.25, -0.2) is 0 Å². The van der Waals surface area contributed by atoms with Crippen molar-refractivity contribution in [2.45, 2.75) is 45.3 Å². The number of hydrogen-bond acceptors (Lipinski definition) is 4. The smallest absolute Gasteiger partial charge is 0.387 e. The van der Waals surface area contributed by atoms with Crippen molar-refractivity contribution in [3.05, 3.63) is 29.8 Å². The molecule has 0 aromatic heterocycles. The summed E-state index contributed by atoms with van der Waals surface area (Å²) in [4.78, 5) is 17.0. The van der Waals surface area contributed by atoms with Gasteiger partial charge in [0.1, 0.15) is 5.75 Å². The summed E-state index contributed by atoms with van der Waals surface area (Å²) in [5.74, 6) is 1.90. The largest absolute Gasteiger partial charge is 0.434 e. The number of halogens is 2. The van der Waals surface area contributed by atoms with Crippen molar-refractivity contribution in [1.82, 2.24) is 5.32 Å². The molecule has 7 heteroatoms. The second kappa shape index (κ2) is 8.47. The van der Waals surface area contributed by atoms with Crippen LogP contribution in [0.3, 0.4) is 0 Å². The van der Waals surface area contributed by atoms with Crippen LogP contribution in [0, 0.1) is 17.8 Å². The highest BCUT2D eigenvalue weighted by Gasteiger charge is 2.42. The standard InChI is InChI=1S/C19H24F2N2O3/c1-12(16-9-13-6-7-14(16)8-13)23-18(24)11-25-22-10-15-4-2-3-5-17(15)26-19(20)21/h2-5,10,12-14,16,19H,6-9,11H2,1H3,(H,23,24)/b22-10+. The highest BCUT2D eigenvalue weighted by molar-refractivity contribution is 5.83. The third kappa shape index (κ3) is 4.71. The van der Waals surface area contributed by atoms with Gasteiger partial charge in [-0.05, 0) is 56.1 Å². The van der Waals surface area contributed by atoms with Crippen molar-refractivity contribution in [2.24, 2.45) is 22.9 Å². The molecular weight excluding hydrogens is 342 g/mol. The van der Waals surface area contributed by atoms with E-state index in [1.54, 1.807) is 18.2 Å². The number of rotatable bonds is 8. The van der Waals surface area contributed by atoms with Crippen LogP contribution in [-0.4, -0.2) is 31.4 Å². The average Bonchev–Trinajstić information content (AvgIpc) is 3.23. The molecule has 5 nitrogen and oxygen atoms in total. The van der Waals surface area contributed by atoms with E-state index in [0.717, 1.165) is 11.8 Å². The number of carbonyl (C=O) groups excluding carboxylic acids is 1. The molecule has 4 atom stereocenters. The number of ether oxygens (including phenoxy) is 1. The maximum Gasteiger partial charge on any atom is 0.387 e. The molecule has 0 radical (unpaired) electrons. The summed E-state index contributed by atoms with van der Waals surface area (Å²) in [6.07, 6.45) is 6.36. The normalized spacial score (nSPS) is 25.6. The SMILES string of the molecule is CC(NC(=O)CO/N=C/c1ccccc1OC(F)F)C1CC2CCC1C2. The van der Waals surface area contributed by atoms with Crippen LogP contribution >= 0.6 is 0 Å². The third-order valence-electron chi connectivity index (χ3n) is 5.42. The number of alkyl halides is 2. The van der Waals surface area contributed by atoms with Gasteiger partial charge in [0.2, 0.25) is 0 Å². The van der Waals surface area contributed by atoms with Gasteiger partial charge >= 0.3 is 6.61 Å². The Balaban J connectivity index is 1.43. The Labute approximate surface area is 151 Å². The Morgan fingerprint density at radius 1 is 1.35 bits per heavy atom. The molecule has 0 saturated heterocycles. The fourth-order valence-electron chi connectivity index (χ4n) is 4.29. The van der Waals surface area contributed by atoms with Gasteiger partial charge in [0.15, 0.2) is 6.61 Å². The molecule has 0 spiro atoms. The van der Waals surface area contributed by atoms with E-state index in [4.69, 9.17) is 4.84 Å². The number of fused-ring (bicyclic) bond motifs is 2. The molecule has 26 heavy (non-hydrogen) atoms. The van der Waals surface area contributed by atoms with Crippen LogP contribution in [-0.2, 0) is 9.63 Å². The third-order valence-corrected chi connectivity index (χ3v) is 5.42. The van der Waals surface area contributed by atoms with E-state index in [-0.39, 0.29) is 24.3 Å². The first kappa shape index (κ1) is 18.6. The van der Waals surface area contributed by atoms with Gasteiger partial charge in [-0.15, -0.1) is 0 Å². The lowest BCUT2D eigenvalue weighted by Gasteiger charge is -2.28. The van der Waals surface area contributed by atoms with Crippen LogP contribution in [0.5, 0.6) is 5.75 Å². The summed E-state index contributed by atoms with van der Waals surface area (Å²) in [7, 11) is 0. The van der Waals surface area contributed by atoms with E-state index in [2.05, 4.69) is 15.2 Å². The maximum absolute atomic E-state index is 12.3. The summed E-state index contributed by atoms with van der Waals surface area (Å²) in [6.45, 7) is -1.08. The molecule has 2 aliphatic rings. The molecule has 1 N–H and O–H groups in total. The molecule has 1 aromatic rings. The lowest BCUT2D eigenvalue weighted by atomic mass is 9.84. The first-order valence-electron chi connectivity index (χ1n) is 9.01. The second-order valence-corrected chi connectivity index (χ2v) is 7.12. The van der Waals surface area contributed by atoms with E-state index < -0.39 is 6.61 Å². The minimum absolute atomic E-state index is 0.00390. The quantitative estimate of drug-likeness (QED) is 0.565. The molecular formula is C19H24F2N2O3. The Bertz CT molecular complexity index is 653. The van der Waals surface area contributed by atoms with Crippen LogP contribution in [0.2, 0.25) is 0 Å². The van der Waals surface area contributed by atoms with Crippen LogP contribution in [0.1, 0.15) is 38.2 Å². The lowest BCUT2D eigenvalue weighted by molar-refractivity contribution is -0.126. The molecule has 3 rings (SSSR count). The summed E-state index contributed by atoms with van der Waals surface area (Å²) >= 11 is 0. The minimum Gasteiger partial charge on any atom is -0.434 e. The first-order chi connectivity index (χ1) is 12.5. The number of nitrogens with zero attached hydrogens (tertiary/aromatic N) is 1. The van der Waals surface area contributed by atoms with Crippen molar-refractivity contribution in [3.63, 3.8) is 0 Å². The van der Waals surface area contributed by atoms with Crippen molar-refractivity contribution in [1.29, 1.82) is 0 Å². The first-order valence-corrected chi connectivity index (χ1v) is 9.01. The number of carbonyl (C=O) groups is 1. The van der Waals surface area contributed by atoms with Crippen molar-refractivity contribution in [2.75, 3.05) is 6.61 Å². The summed E-state index contributed by atoms with van der Waals surface area (Å²) in [6, 6.07) is 6.37. The average molecular weight is 366 g/mol. The number of nitrogens with one attached hydrogen (secondary N) is 1. The predicted octanol–water partition coefficient (Wildman–Crippen LogP) is 3.58. The van der Waals surface area contributed by atoms with Crippen LogP contribution in [0.15, 0.2) is 29.4 Å². The van der Waals surface area contributed by atoms with Crippen LogP contribution < -0.4 is 10.1 Å². The fraction of sp³-hybridized carbons (Fsp3) is 0.579. The van der Waals surface area contributed by atoms with Gasteiger partial charge < -0.3 is 14.9 Å². The number of benzene rings is 1. The van der Waals surface area contributed by atoms with E-state index in [1.807, 2.05) is 6.92 Å². The topological polar surface area (TPSA) is 59.9 Å². The van der Waals surface area contributed by atoms with E-state index >= 15 is 0 Å². The van der Waals surface area contributed by atoms with E-state index in [1.165, 1.54) is 38.0 Å². The molecule has 0 heterocycles. The van der Waals surface area contributed by atoms with Crippen molar-refractivity contribution < 1.29 is 23.1 Å². The van der Waals surface area contributed by atoms with Gasteiger partial charge in [-0.2, -0.15) is 8.78 Å². The highest BCUT2D eigenvalue weighted by atomic mass is 19.3. The summed E-state index contributed by atoms with van der Waals surface area (Å²) in [5.41, 5.74) is 0.351. The monoisotopic (exact) mass is 366 g/mol. The summed E-state index contributed by atoms with van der Waals surface area (Å²) in [5, 5.41) is 6.66. The predicted molar refractivity (Wildman–Crippen MR) is 93.2 cm³/mol. The molecule has 1 aromatic carbocycles. The summed E-state index contributed by atoms with van der Waals surface area (Å²) < 4.78 is 29.1. The maximum atomic E-state index is 12.3. The Kier molecular flexibility index (Phi) is 6.06. The zero-order chi connectivity index (χ0) is 18.5. The minimum atomic E-state index is -2.91. The fourth-order valence-corrected chi connectivity index (χ4v) is 4.29. The highest BCUT2D eigenvalue weighted by Crippen LogP contribution is 2.49. The van der Waals surface area contributed by atoms with Gasteiger partial charge in [0, 0.05) is 11.6 Å². The molecule has 1 amide bonds. The van der Waals surface area contributed by atoms with Gasteiger partial charge in [0.25, 0.3) is 5.91 Å². The van der Waals surface area contributed by atoms with Crippen LogP contribution in [0.4, 0.5) is 8.78 Å². The van der Waals surface area contributed by atoms with Gasteiger partial charge in [0.05, 0.1) is 6.21 Å². The number of hydrogen-bond donors (Lipinski definition) is 1. The molecule has 2 fully saturated rings. The lowest BCUT2D eigenvalue weighted by Crippen LogP contribution is -2.41. The number of para-hydroxylation sites is 1. The zero-order valence-electron chi connectivity index (χ0n) is 14.7. The molecule has 2 aliphatic carbocycles. The second-order valence-electron chi connectivity index (χ2n) is 7.12. The number of amides is 1. The van der Waals surface area contributed by atoms with Gasteiger partial charge in [-0.3, -0.25) is 4.79 Å². The van der Waals surface area contributed by atoms with E-state index in [9.17, 15) is 13.6 Å². The zero-order valence-corrected chi connectivity index (χ0v) is 14.7. The van der Waals surface area contributed by atoms with Crippen molar-refractivity contribution >= 4 is 12.1 Å². The van der Waals surface area contributed by atoms with E-state index in [0.29, 0.717) is 11.5 Å². The Morgan fingerprint density at radius 2 is 2.15 bits per heavy atom. The van der Waals surface area contributed by atoms with Crippen LogP contribution in [0.25, 0.3) is 0 Å². The molecule has 2 saturated carbocycles. The molecule has 142 valence electrons. The Morgan fingerprint density at radius 3 is 2.85 bits per heavy atom. The number of oxime groups is 1. The van der Waals surface area contributed by atoms with Crippen molar-refractivity contribution in [3.8, 4) is 5.75 Å². The Hall–Kier alpha value is -2.18. The van der Waals surface area contributed by atoms with Gasteiger partial charge in [-0.1, -0.05) is 23.7 Å². The molecule has 0 aliphatic heterocycles.